The van der Waals surface area contributed by atoms with Gasteiger partial charge in [-0.2, -0.15) is 0 Å². The molecule has 4 nitrogen and oxygen atoms in total. The van der Waals surface area contributed by atoms with Crippen molar-refractivity contribution in [2.24, 2.45) is 0 Å². The molecule has 1 amide bonds. The van der Waals surface area contributed by atoms with Gasteiger partial charge in [0.15, 0.2) is 0 Å². The van der Waals surface area contributed by atoms with Gasteiger partial charge in [-0.15, -0.1) is 0 Å². The Balaban J connectivity index is 2.06. The van der Waals surface area contributed by atoms with Crippen molar-refractivity contribution in [2.45, 2.75) is 32.7 Å². The lowest BCUT2D eigenvalue weighted by Crippen LogP contribution is -2.38. The molecule has 0 N–H and O–H groups in total. The molecule has 0 spiro atoms. The molecule has 2 aromatic rings. The van der Waals surface area contributed by atoms with Gasteiger partial charge < -0.3 is 9.64 Å². The number of hydrogen-bond acceptors (Lipinski definition) is 3. The van der Waals surface area contributed by atoms with E-state index in [1.807, 2.05) is 31.2 Å². The molecule has 30 heavy (non-hydrogen) atoms. The van der Waals surface area contributed by atoms with Crippen LogP contribution in [0.2, 0.25) is 0 Å². The summed E-state index contributed by atoms with van der Waals surface area (Å²) in [5.41, 5.74) is 2.64. The Morgan fingerprint density at radius 3 is 2.67 bits per heavy atom. The third-order valence-electron chi connectivity index (χ3n) is 5.14. The number of carbonyl (C=O) groups is 2. The zero-order valence-electron chi connectivity index (χ0n) is 17.0. The predicted octanol–water partition coefficient (Wildman–Crippen LogP) is 4.79. The molecular formula is C24H23F2NO3. The van der Waals surface area contributed by atoms with Crippen LogP contribution < -0.4 is 0 Å². The first-order valence-corrected chi connectivity index (χ1v) is 9.61. The van der Waals surface area contributed by atoms with Gasteiger partial charge in [-0.1, -0.05) is 48.6 Å². The van der Waals surface area contributed by atoms with Crippen LogP contribution >= 0.6 is 0 Å². The fourth-order valence-corrected chi connectivity index (χ4v) is 3.72. The average molecular weight is 411 g/mol. The lowest BCUT2D eigenvalue weighted by atomic mass is 9.83. The Bertz CT molecular complexity index is 1030. The van der Waals surface area contributed by atoms with Gasteiger partial charge in [0.1, 0.15) is 18.2 Å². The topological polar surface area (TPSA) is 46.6 Å². The van der Waals surface area contributed by atoms with Crippen molar-refractivity contribution in [3.05, 3.63) is 94.7 Å². The number of nitrogens with zero attached hydrogens (tertiary/aromatic N) is 1. The maximum absolute atomic E-state index is 14.5. The molecule has 0 radical (unpaired) electrons. The maximum Gasteiger partial charge on any atom is 0.336 e. The Morgan fingerprint density at radius 1 is 1.23 bits per heavy atom. The van der Waals surface area contributed by atoms with Crippen molar-refractivity contribution >= 4 is 11.9 Å². The summed E-state index contributed by atoms with van der Waals surface area (Å²) in [6.07, 6.45) is 1.31. The van der Waals surface area contributed by atoms with Crippen LogP contribution in [0.25, 0.3) is 0 Å². The van der Waals surface area contributed by atoms with Gasteiger partial charge >= 0.3 is 5.97 Å². The number of benzene rings is 2. The van der Waals surface area contributed by atoms with Crippen LogP contribution in [0.15, 0.2) is 66.4 Å². The van der Waals surface area contributed by atoms with E-state index in [0.717, 1.165) is 23.3 Å². The Morgan fingerprint density at radius 2 is 2.00 bits per heavy atom. The van der Waals surface area contributed by atoms with Gasteiger partial charge in [-0.25, -0.2) is 13.6 Å². The fraction of sp³-hybridized carbons (Fsp3) is 0.250. The van der Waals surface area contributed by atoms with Crippen LogP contribution in [0.3, 0.4) is 0 Å². The summed E-state index contributed by atoms with van der Waals surface area (Å²) in [5.74, 6) is -3.28. The summed E-state index contributed by atoms with van der Waals surface area (Å²) in [4.78, 5) is 27.3. The number of aryl methyl sites for hydroxylation is 1. The number of esters is 1. The molecular weight excluding hydrogens is 388 g/mol. The summed E-state index contributed by atoms with van der Waals surface area (Å²) >= 11 is 0. The third-order valence-corrected chi connectivity index (χ3v) is 5.14. The molecule has 1 atom stereocenters. The second kappa shape index (κ2) is 9.03. The molecule has 0 saturated carbocycles. The van der Waals surface area contributed by atoms with E-state index in [-0.39, 0.29) is 36.6 Å². The van der Waals surface area contributed by atoms with Gasteiger partial charge in [0.05, 0.1) is 12.1 Å². The maximum atomic E-state index is 14.5. The van der Waals surface area contributed by atoms with Gasteiger partial charge in [0.2, 0.25) is 5.91 Å². The number of halogens is 2. The third kappa shape index (κ3) is 4.48. The van der Waals surface area contributed by atoms with E-state index in [4.69, 9.17) is 4.74 Å². The first kappa shape index (κ1) is 21.4. The molecule has 0 unspecified atom stereocenters. The highest BCUT2D eigenvalue weighted by Gasteiger charge is 2.38. The minimum atomic E-state index is -0.857. The molecule has 2 aromatic carbocycles. The normalized spacial score (nSPS) is 16.6. The van der Waals surface area contributed by atoms with Crippen LogP contribution in [0.1, 0.15) is 36.0 Å². The number of allylic oxidation sites excluding steroid dienone is 1. The molecule has 0 aromatic heterocycles. The van der Waals surface area contributed by atoms with Crippen LogP contribution in [0.5, 0.6) is 0 Å². The largest absolute Gasteiger partial charge is 0.458 e. The Labute approximate surface area is 174 Å². The molecule has 1 aliphatic heterocycles. The van der Waals surface area contributed by atoms with Crippen molar-refractivity contribution in [1.82, 2.24) is 4.90 Å². The van der Waals surface area contributed by atoms with Gasteiger partial charge in [0.25, 0.3) is 0 Å². The van der Waals surface area contributed by atoms with E-state index in [9.17, 15) is 18.4 Å². The second-order valence-electron chi connectivity index (χ2n) is 7.28. The molecule has 0 saturated heterocycles. The van der Waals surface area contributed by atoms with Crippen molar-refractivity contribution in [2.75, 3.05) is 6.61 Å². The summed E-state index contributed by atoms with van der Waals surface area (Å²) in [7, 11) is 0. The second-order valence-corrected chi connectivity index (χ2v) is 7.28. The highest BCUT2D eigenvalue weighted by Crippen LogP contribution is 2.38. The number of ether oxygens (including phenoxy) is 1. The van der Waals surface area contributed by atoms with Crippen LogP contribution in [-0.4, -0.2) is 23.4 Å². The molecule has 0 fully saturated rings. The van der Waals surface area contributed by atoms with Crippen molar-refractivity contribution in [3.63, 3.8) is 0 Å². The summed E-state index contributed by atoms with van der Waals surface area (Å²) < 4.78 is 33.1. The zero-order chi connectivity index (χ0) is 21.8. The SMILES string of the molecule is C=CCOC(=O)C1=C(C)N(Cc2cccc(C)c2)C(=O)C[C@@H]1c1ccc(F)cc1F. The zero-order valence-corrected chi connectivity index (χ0v) is 17.0. The minimum Gasteiger partial charge on any atom is -0.458 e. The predicted molar refractivity (Wildman–Crippen MR) is 109 cm³/mol. The van der Waals surface area contributed by atoms with E-state index in [1.54, 1.807) is 6.92 Å². The average Bonchev–Trinajstić information content (AvgIpc) is 2.69. The summed E-state index contributed by atoms with van der Waals surface area (Å²) in [5, 5.41) is 0. The van der Waals surface area contributed by atoms with Crippen molar-refractivity contribution in [1.29, 1.82) is 0 Å². The number of rotatable bonds is 6. The highest BCUT2D eigenvalue weighted by molar-refractivity contribution is 5.96. The molecule has 6 heteroatoms. The summed E-state index contributed by atoms with van der Waals surface area (Å²) in [6, 6.07) is 10.8. The Hall–Kier alpha value is -3.28. The Kier molecular flexibility index (Phi) is 6.45. The lowest BCUT2D eigenvalue weighted by molar-refractivity contribution is -0.139. The molecule has 1 aliphatic rings. The van der Waals surface area contributed by atoms with Gasteiger partial charge in [-0.3, -0.25) is 4.79 Å². The summed E-state index contributed by atoms with van der Waals surface area (Å²) in [6.45, 7) is 7.40. The molecule has 3 rings (SSSR count). The number of amides is 1. The van der Waals surface area contributed by atoms with Gasteiger partial charge in [-0.05, 0) is 31.0 Å². The quantitative estimate of drug-likeness (QED) is 0.507. The van der Waals surface area contributed by atoms with Crippen molar-refractivity contribution < 1.29 is 23.1 Å². The van der Waals surface area contributed by atoms with E-state index in [1.165, 1.54) is 17.0 Å². The lowest BCUT2D eigenvalue weighted by Gasteiger charge is -2.34. The fourth-order valence-electron chi connectivity index (χ4n) is 3.72. The van der Waals surface area contributed by atoms with Crippen LogP contribution in [0, 0.1) is 18.6 Å². The van der Waals surface area contributed by atoms with Crippen molar-refractivity contribution in [3.8, 4) is 0 Å². The minimum absolute atomic E-state index is 0.0138. The number of carbonyl (C=O) groups excluding carboxylic acids is 2. The monoisotopic (exact) mass is 411 g/mol. The first-order chi connectivity index (χ1) is 14.3. The first-order valence-electron chi connectivity index (χ1n) is 9.61. The standard InChI is InChI=1S/C24H23F2NO3/c1-4-10-30-24(29)23-16(3)27(14-17-7-5-6-15(2)11-17)22(28)13-20(23)19-9-8-18(25)12-21(19)26/h4-9,11-12,20H,1,10,13-14H2,2-3H3/t20-/m1/s1. The van der Waals surface area contributed by atoms with Gasteiger partial charge in [0, 0.05) is 24.1 Å². The van der Waals surface area contributed by atoms with E-state index >= 15 is 0 Å². The van der Waals surface area contributed by atoms with Crippen LogP contribution in [0.4, 0.5) is 8.78 Å². The van der Waals surface area contributed by atoms with E-state index in [2.05, 4.69) is 6.58 Å². The van der Waals surface area contributed by atoms with E-state index < -0.39 is 23.5 Å². The molecule has 1 heterocycles. The van der Waals surface area contributed by atoms with E-state index in [0.29, 0.717) is 5.70 Å². The molecule has 0 bridgehead atoms. The molecule has 156 valence electrons. The number of hydrogen-bond donors (Lipinski definition) is 0. The smallest absolute Gasteiger partial charge is 0.336 e. The highest BCUT2D eigenvalue weighted by atomic mass is 19.1. The molecule has 0 aliphatic carbocycles. The van der Waals surface area contributed by atoms with Crippen LogP contribution in [-0.2, 0) is 20.9 Å².